The lowest BCUT2D eigenvalue weighted by molar-refractivity contribution is 0.442. The van der Waals surface area contributed by atoms with Gasteiger partial charge in [-0.15, -0.1) is 0 Å². The lowest BCUT2D eigenvalue weighted by Crippen LogP contribution is -2.17. The Kier molecular flexibility index (Phi) is 7.35. The monoisotopic (exact) mass is 749 g/mol. The van der Waals surface area contributed by atoms with Crippen LogP contribution in [0.15, 0.2) is 167 Å². The molecule has 8 aromatic carbocycles. The first-order valence-corrected chi connectivity index (χ1v) is 20.9. The molecule has 0 radical (unpaired) electrons. The molecule has 2 aliphatic carbocycles. The van der Waals surface area contributed by atoms with Gasteiger partial charge < -0.3 is 13.7 Å². The molecule has 3 nitrogen and oxygen atoms in total. The lowest BCUT2D eigenvalue weighted by Gasteiger charge is -2.31. The maximum absolute atomic E-state index is 6.99. The van der Waals surface area contributed by atoms with Crippen LogP contribution in [-0.2, 0) is 5.41 Å². The van der Waals surface area contributed by atoms with E-state index >= 15 is 0 Å². The molecule has 0 spiro atoms. The van der Waals surface area contributed by atoms with Crippen LogP contribution in [0.4, 0.5) is 17.1 Å². The number of hydrogen-bond donors (Lipinski definition) is 0. The number of rotatable bonds is 5. The Bertz CT molecular complexity index is 3260. The van der Waals surface area contributed by atoms with E-state index < -0.39 is 0 Å². The predicted octanol–water partition coefficient (Wildman–Crippen LogP) is 16.1. The van der Waals surface area contributed by atoms with Crippen molar-refractivity contribution in [1.82, 2.24) is 0 Å². The van der Waals surface area contributed by atoms with Gasteiger partial charge in [0.25, 0.3) is 0 Å². The minimum atomic E-state index is -0.153. The summed E-state index contributed by atoms with van der Waals surface area (Å²) in [5.41, 5.74) is 15.8. The predicted molar refractivity (Wildman–Crippen MR) is 242 cm³/mol. The summed E-state index contributed by atoms with van der Waals surface area (Å²) in [6, 6.07) is 58.0. The Morgan fingerprint density at radius 3 is 2.07 bits per heavy atom. The Balaban J connectivity index is 1.12. The SMILES string of the molecule is CC1(C)c2ccccc2-c2ccc(N(c3ccc4c(c3)oc3c(C5CCCCC5)cccc34)c3c(-c4ccc5c(c4)oc4ccccc45)ccc4ccccc34)cc21. The average molecular weight is 750 g/mol. The number of hydrogen-bond acceptors (Lipinski definition) is 3. The zero-order valence-electron chi connectivity index (χ0n) is 32.9. The van der Waals surface area contributed by atoms with Gasteiger partial charge in [0.2, 0.25) is 0 Å². The smallest absolute Gasteiger partial charge is 0.138 e. The number of anilines is 3. The van der Waals surface area contributed by atoms with Crippen LogP contribution in [0.3, 0.4) is 0 Å². The highest BCUT2D eigenvalue weighted by atomic mass is 16.3. The van der Waals surface area contributed by atoms with Crippen LogP contribution < -0.4 is 4.90 Å². The van der Waals surface area contributed by atoms with E-state index in [2.05, 4.69) is 170 Å². The highest BCUT2D eigenvalue weighted by Gasteiger charge is 2.36. The molecule has 12 rings (SSSR count). The molecule has 0 saturated heterocycles. The normalized spacial score (nSPS) is 15.1. The molecule has 2 aliphatic rings. The van der Waals surface area contributed by atoms with Gasteiger partial charge in [0.05, 0.1) is 5.69 Å². The number of furan rings is 2. The van der Waals surface area contributed by atoms with Gasteiger partial charge in [-0.05, 0) is 100.0 Å². The van der Waals surface area contributed by atoms with Crippen LogP contribution in [0.2, 0.25) is 0 Å². The van der Waals surface area contributed by atoms with Crippen molar-refractivity contribution in [2.45, 2.75) is 57.3 Å². The second kappa shape index (κ2) is 12.7. The molecular weight excluding hydrogens is 707 g/mol. The highest BCUT2D eigenvalue weighted by Crippen LogP contribution is 2.53. The molecule has 0 amide bonds. The molecule has 0 N–H and O–H groups in total. The molecule has 0 unspecified atom stereocenters. The van der Waals surface area contributed by atoms with Crippen molar-refractivity contribution >= 4 is 71.7 Å². The molecule has 0 aliphatic heterocycles. The van der Waals surface area contributed by atoms with Gasteiger partial charge in [-0.25, -0.2) is 0 Å². The Morgan fingerprint density at radius 1 is 0.483 bits per heavy atom. The van der Waals surface area contributed by atoms with Gasteiger partial charge in [-0.1, -0.05) is 142 Å². The largest absolute Gasteiger partial charge is 0.456 e. The van der Waals surface area contributed by atoms with Crippen molar-refractivity contribution in [2.75, 3.05) is 4.90 Å². The van der Waals surface area contributed by atoms with Gasteiger partial charge in [0.15, 0.2) is 0 Å². The highest BCUT2D eigenvalue weighted by molar-refractivity contribution is 6.11. The maximum Gasteiger partial charge on any atom is 0.138 e. The third-order valence-electron chi connectivity index (χ3n) is 13.5. The molecule has 280 valence electrons. The lowest BCUT2D eigenvalue weighted by atomic mass is 9.82. The summed E-state index contributed by atoms with van der Waals surface area (Å²) < 4.78 is 13.5. The van der Waals surface area contributed by atoms with Gasteiger partial charge in [-0.2, -0.15) is 0 Å². The summed E-state index contributed by atoms with van der Waals surface area (Å²) in [6.07, 6.45) is 6.38. The Morgan fingerprint density at radius 2 is 1.16 bits per heavy atom. The van der Waals surface area contributed by atoms with Crippen molar-refractivity contribution in [1.29, 1.82) is 0 Å². The van der Waals surface area contributed by atoms with Crippen molar-refractivity contribution in [3.05, 3.63) is 174 Å². The first kappa shape index (κ1) is 33.5. The number of para-hydroxylation sites is 2. The molecule has 10 aromatic rings. The van der Waals surface area contributed by atoms with Gasteiger partial charge in [0.1, 0.15) is 22.3 Å². The molecule has 2 heterocycles. The van der Waals surface area contributed by atoms with Crippen LogP contribution in [0.5, 0.6) is 0 Å². The minimum absolute atomic E-state index is 0.153. The molecule has 3 heteroatoms. The molecule has 2 aromatic heterocycles. The summed E-state index contributed by atoms with van der Waals surface area (Å²) in [5.74, 6) is 0.551. The van der Waals surface area contributed by atoms with Crippen LogP contribution >= 0.6 is 0 Å². The van der Waals surface area contributed by atoms with Crippen LogP contribution in [0.1, 0.15) is 68.6 Å². The first-order chi connectivity index (χ1) is 28.5. The molecule has 58 heavy (non-hydrogen) atoms. The van der Waals surface area contributed by atoms with Crippen molar-refractivity contribution < 1.29 is 8.83 Å². The average Bonchev–Trinajstić information content (AvgIpc) is 3.91. The van der Waals surface area contributed by atoms with Crippen LogP contribution in [-0.4, -0.2) is 0 Å². The summed E-state index contributed by atoms with van der Waals surface area (Å²) in [4.78, 5) is 2.48. The fourth-order valence-corrected chi connectivity index (χ4v) is 10.5. The van der Waals surface area contributed by atoms with Crippen molar-refractivity contribution in [3.63, 3.8) is 0 Å². The molecule has 0 atom stereocenters. The zero-order valence-corrected chi connectivity index (χ0v) is 32.9. The fourth-order valence-electron chi connectivity index (χ4n) is 10.5. The van der Waals surface area contributed by atoms with E-state index in [1.165, 1.54) is 76.1 Å². The summed E-state index contributed by atoms with van der Waals surface area (Å²) >= 11 is 0. The third-order valence-corrected chi connectivity index (χ3v) is 13.5. The van der Waals surface area contributed by atoms with E-state index in [-0.39, 0.29) is 5.41 Å². The third kappa shape index (κ3) is 4.99. The zero-order chi connectivity index (χ0) is 38.5. The Hall–Kier alpha value is -6.58. The summed E-state index contributed by atoms with van der Waals surface area (Å²) in [7, 11) is 0. The van der Waals surface area contributed by atoms with Crippen molar-refractivity contribution in [2.24, 2.45) is 0 Å². The second-order valence-electron chi connectivity index (χ2n) is 17.1. The van der Waals surface area contributed by atoms with Gasteiger partial charge in [-0.3, -0.25) is 0 Å². The minimum Gasteiger partial charge on any atom is -0.456 e. The molecule has 1 saturated carbocycles. The molecule has 1 fully saturated rings. The Labute approximate surface area is 338 Å². The number of nitrogens with zero attached hydrogens (tertiary/aromatic N) is 1. The maximum atomic E-state index is 6.99. The number of benzene rings is 8. The number of fused-ring (bicyclic) bond motifs is 10. The molecular formula is C55H43NO2. The van der Waals surface area contributed by atoms with E-state index in [9.17, 15) is 0 Å². The summed E-state index contributed by atoms with van der Waals surface area (Å²) in [6.45, 7) is 4.73. The van der Waals surface area contributed by atoms with E-state index in [0.29, 0.717) is 5.92 Å². The van der Waals surface area contributed by atoms with E-state index in [1.54, 1.807) is 0 Å². The van der Waals surface area contributed by atoms with Crippen LogP contribution in [0.25, 0.3) is 76.9 Å². The van der Waals surface area contributed by atoms with E-state index in [1.807, 2.05) is 6.07 Å². The van der Waals surface area contributed by atoms with E-state index in [0.717, 1.165) is 66.7 Å². The standard InChI is InChI=1S/C55H43NO2/c1-55(2)48-21-10-8-17-42(48)43-29-25-37(32-49(43)55)56(38-26-30-46-47-20-12-19-41(34-13-4-3-5-14-34)54(47)58-52(46)33-38)53-39-16-7-6-15-35(39)23-27-40(53)36-24-28-45-44-18-9-11-22-50(44)57-51(45)31-36/h6-12,15-34H,3-5,13-14H2,1-2H3. The fraction of sp³-hybridized carbons (Fsp3) is 0.164. The van der Waals surface area contributed by atoms with E-state index in [4.69, 9.17) is 8.83 Å². The second-order valence-corrected chi connectivity index (χ2v) is 17.1. The molecule has 0 bridgehead atoms. The quantitative estimate of drug-likeness (QED) is 0.175. The topological polar surface area (TPSA) is 29.5 Å². The summed E-state index contributed by atoms with van der Waals surface area (Å²) in [5, 5.41) is 7.00. The van der Waals surface area contributed by atoms with Gasteiger partial charge >= 0.3 is 0 Å². The van der Waals surface area contributed by atoms with Crippen LogP contribution in [0, 0.1) is 0 Å². The van der Waals surface area contributed by atoms with Crippen molar-refractivity contribution in [3.8, 4) is 22.3 Å². The van der Waals surface area contributed by atoms with Gasteiger partial charge in [0, 0.05) is 55.4 Å². The first-order valence-electron chi connectivity index (χ1n) is 20.9.